The molecule has 0 amide bonds. The summed E-state index contributed by atoms with van der Waals surface area (Å²) in [5.74, 6) is 1.22. The van der Waals surface area contributed by atoms with Crippen LogP contribution in [-0.2, 0) is 0 Å². The van der Waals surface area contributed by atoms with Crippen LogP contribution in [0.2, 0.25) is 0 Å². The molecule has 0 fully saturated rings. The summed E-state index contributed by atoms with van der Waals surface area (Å²) in [6, 6.07) is 7.37. The van der Waals surface area contributed by atoms with Crippen molar-refractivity contribution in [1.29, 1.82) is 0 Å². The molecule has 1 aromatic carbocycles. The minimum atomic E-state index is 0.535. The number of hydrogen-bond acceptors (Lipinski definition) is 5. The zero-order valence-corrected chi connectivity index (χ0v) is 8.31. The van der Waals surface area contributed by atoms with Gasteiger partial charge in [0, 0.05) is 11.4 Å². The van der Waals surface area contributed by atoms with E-state index in [2.05, 4.69) is 20.3 Å². The number of aromatic nitrogens is 3. The van der Waals surface area contributed by atoms with Gasteiger partial charge in [0.1, 0.15) is 12.2 Å². The van der Waals surface area contributed by atoms with Gasteiger partial charge in [-0.05, 0) is 31.2 Å². The first-order chi connectivity index (χ1) is 7.24. The van der Waals surface area contributed by atoms with Gasteiger partial charge in [0.25, 0.3) is 0 Å². The molecule has 76 valence electrons. The molecule has 5 heteroatoms. The second-order valence-corrected chi connectivity index (χ2v) is 3.10. The second-order valence-electron chi connectivity index (χ2n) is 3.10. The number of benzene rings is 1. The average molecular weight is 201 g/mol. The molecule has 0 radical (unpaired) electrons. The van der Waals surface area contributed by atoms with Crippen molar-refractivity contribution >= 4 is 17.3 Å². The molecular formula is C10H11N5. The maximum absolute atomic E-state index is 5.58. The van der Waals surface area contributed by atoms with Gasteiger partial charge >= 0.3 is 0 Å². The first kappa shape index (κ1) is 9.39. The van der Waals surface area contributed by atoms with Gasteiger partial charge in [0.2, 0.25) is 5.95 Å². The Balaban J connectivity index is 2.18. The van der Waals surface area contributed by atoms with Crippen LogP contribution < -0.4 is 11.1 Å². The Kier molecular flexibility index (Phi) is 2.45. The number of aryl methyl sites for hydroxylation is 1. The fraction of sp³-hybridized carbons (Fsp3) is 0.100. The predicted octanol–water partition coefficient (Wildman–Crippen LogP) is 1.51. The third-order valence-corrected chi connectivity index (χ3v) is 1.86. The molecule has 0 saturated heterocycles. The van der Waals surface area contributed by atoms with Gasteiger partial charge in [-0.25, -0.2) is 9.97 Å². The predicted molar refractivity (Wildman–Crippen MR) is 58.7 cm³/mol. The van der Waals surface area contributed by atoms with Crippen LogP contribution in [0.1, 0.15) is 5.82 Å². The van der Waals surface area contributed by atoms with Crippen molar-refractivity contribution in [3.05, 3.63) is 36.4 Å². The summed E-state index contributed by atoms with van der Waals surface area (Å²) in [5.41, 5.74) is 7.20. The summed E-state index contributed by atoms with van der Waals surface area (Å²) in [4.78, 5) is 12.0. The largest absolute Gasteiger partial charge is 0.399 e. The number of rotatable bonds is 2. The molecule has 0 spiro atoms. The Labute approximate surface area is 87.4 Å². The number of nitrogens with two attached hydrogens (primary N) is 1. The summed E-state index contributed by atoms with van der Waals surface area (Å²) < 4.78 is 0. The molecule has 0 atom stereocenters. The number of nitrogens with zero attached hydrogens (tertiary/aromatic N) is 3. The summed E-state index contributed by atoms with van der Waals surface area (Å²) in [6.45, 7) is 1.82. The van der Waals surface area contributed by atoms with E-state index >= 15 is 0 Å². The highest BCUT2D eigenvalue weighted by Gasteiger charge is 1.97. The van der Waals surface area contributed by atoms with Crippen molar-refractivity contribution in [2.75, 3.05) is 11.1 Å². The molecule has 0 unspecified atom stereocenters. The lowest BCUT2D eigenvalue weighted by molar-refractivity contribution is 0.982. The van der Waals surface area contributed by atoms with E-state index in [0.29, 0.717) is 11.8 Å². The molecule has 0 saturated carbocycles. The first-order valence-corrected chi connectivity index (χ1v) is 4.52. The lowest BCUT2D eigenvalue weighted by atomic mass is 10.3. The van der Waals surface area contributed by atoms with Gasteiger partial charge < -0.3 is 11.1 Å². The SMILES string of the molecule is Cc1ncnc(Nc2ccc(N)cc2)n1. The number of nitrogens with one attached hydrogen (secondary N) is 1. The van der Waals surface area contributed by atoms with Crippen LogP contribution in [0.4, 0.5) is 17.3 Å². The normalized spacial score (nSPS) is 9.93. The number of nitrogen functional groups attached to an aromatic ring is 1. The van der Waals surface area contributed by atoms with Crippen molar-refractivity contribution in [2.24, 2.45) is 0 Å². The minimum Gasteiger partial charge on any atom is -0.399 e. The van der Waals surface area contributed by atoms with E-state index in [9.17, 15) is 0 Å². The molecule has 1 aromatic heterocycles. The monoisotopic (exact) mass is 201 g/mol. The van der Waals surface area contributed by atoms with E-state index in [1.54, 1.807) is 0 Å². The number of hydrogen-bond donors (Lipinski definition) is 2. The molecule has 0 aliphatic rings. The van der Waals surface area contributed by atoms with Gasteiger partial charge in [-0.15, -0.1) is 0 Å². The third-order valence-electron chi connectivity index (χ3n) is 1.86. The van der Waals surface area contributed by atoms with Gasteiger partial charge in [-0.1, -0.05) is 0 Å². The van der Waals surface area contributed by atoms with Crippen LogP contribution in [0.5, 0.6) is 0 Å². The van der Waals surface area contributed by atoms with Crippen LogP contribution in [0.3, 0.4) is 0 Å². The Hall–Kier alpha value is -2.17. The summed E-state index contributed by atoms with van der Waals surface area (Å²) >= 11 is 0. The Bertz CT molecular complexity index is 452. The summed E-state index contributed by atoms with van der Waals surface area (Å²) in [7, 11) is 0. The van der Waals surface area contributed by atoms with Crippen molar-refractivity contribution < 1.29 is 0 Å². The quantitative estimate of drug-likeness (QED) is 0.720. The van der Waals surface area contributed by atoms with Gasteiger partial charge in [-0.2, -0.15) is 4.98 Å². The van der Waals surface area contributed by atoms with E-state index < -0.39 is 0 Å². The third kappa shape index (κ3) is 2.40. The standard InChI is InChI=1S/C10H11N5/c1-7-12-6-13-10(14-7)15-9-4-2-8(11)3-5-9/h2-6H,11H2,1H3,(H,12,13,14,15). The van der Waals surface area contributed by atoms with E-state index in [0.717, 1.165) is 11.4 Å². The van der Waals surface area contributed by atoms with Crippen molar-refractivity contribution in [3.63, 3.8) is 0 Å². The Morgan fingerprint density at radius 2 is 1.87 bits per heavy atom. The highest BCUT2D eigenvalue weighted by molar-refractivity contribution is 5.56. The van der Waals surface area contributed by atoms with E-state index in [4.69, 9.17) is 5.73 Å². The molecule has 0 aliphatic heterocycles. The minimum absolute atomic E-state index is 0.535. The molecule has 0 aliphatic carbocycles. The van der Waals surface area contributed by atoms with Crippen molar-refractivity contribution in [2.45, 2.75) is 6.92 Å². The first-order valence-electron chi connectivity index (χ1n) is 4.52. The van der Waals surface area contributed by atoms with Crippen LogP contribution in [-0.4, -0.2) is 15.0 Å². The smallest absolute Gasteiger partial charge is 0.230 e. The van der Waals surface area contributed by atoms with Crippen molar-refractivity contribution in [1.82, 2.24) is 15.0 Å². The fourth-order valence-corrected chi connectivity index (χ4v) is 1.13. The molecule has 3 N–H and O–H groups in total. The Morgan fingerprint density at radius 3 is 2.53 bits per heavy atom. The van der Waals surface area contributed by atoms with Gasteiger partial charge in [-0.3, -0.25) is 0 Å². The lowest BCUT2D eigenvalue weighted by Crippen LogP contribution is -1.99. The highest BCUT2D eigenvalue weighted by Crippen LogP contribution is 2.13. The Morgan fingerprint density at radius 1 is 1.13 bits per heavy atom. The fourth-order valence-electron chi connectivity index (χ4n) is 1.13. The number of anilines is 3. The topological polar surface area (TPSA) is 76.7 Å². The van der Waals surface area contributed by atoms with Crippen LogP contribution in [0.25, 0.3) is 0 Å². The van der Waals surface area contributed by atoms with E-state index in [1.807, 2.05) is 31.2 Å². The molecule has 1 heterocycles. The van der Waals surface area contributed by atoms with Gasteiger partial charge in [0.15, 0.2) is 0 Å². The zero-order chi connectivity index (χ0) is 10.7. The molecular weight excluding hydrogens is 190 g/mol. The lowest BCUT2D eigenvalue weighted by Gasteiger charge is -2.04. The molecule has 5 nitrogen and oxygen atoms in total. The molecule has 2 aromatic rings. The van der Waals surface area contributed by atoms with Crippen LogP contribution >= 0.6 is 0 Å². The van der Waals surface area contributed by atoms with Crippen molar-refractivity contribution in [3.8, 4) is 0 Å². The average Bonchev–Trinajstić information content (AvgIpc) is 2.22. The second kappa shape index (κ2) is 3.91. The van der Waals surface area contributed by atoms with Crippen LogP contribution in [0, 0.1) is 6.92 Å². The maximum Gasteiger partial charge on any atom is 0.230 e. The van der Waals surface area contributed by atoms with E-state index in [1.165, 1.54) is 6.33 Å². The molecule has 2 rings (SSSR count). The highest BCUT2D eigenvalue weighted by atomic mass is 15.1. The summed E-state index contributed by atoms with van der Waals surface area (Å²) in [5, 5.41) is 3.05. The maximum atomic E-state index is 5.58. The summed E-state index contributed by atoms with van der Waals surface area (Å²) in [6.07, 6.45) is 1.47. The molecule has 0 bridgehead atoms. The van der Waals surface area contributed by atoms with Crippen LogP contribution in [0.15, 0.2) is 30.6 Å². The van der Waals surface area contributed by atoms with E-state index in [-0.39, 0.29) is 0 Å². The van der Waals surface area contributed by atoms with Gasteiger partial charge in [0.05, 0.1) is 0 Å². The zero-order valence-electron chi connectivity index (χ0n) is 8.31. The molecule has 15 heavy (non-hydrogen) atoms.